The second-order valence-electron chi connectivity index (χ2n) is 5.99. The van der Waals surface area contributed by atoms with Crippen LogP contribution in [-0.2, 0) is 0 Å². The lowest BCUT2D eigenvalue weighted by molar-refractivity contribution is 0.0996. The highest BCUT2D eigenvalue weighted by Crippen LogP contribution is 2.30. The van der Waals surface area contributed by atoms with Crippen LogP contribution >= 0.6 is 0 Å². The molecule has 3 aromatic heterocycles. The van der Waals surface area contributed by atoms with Gasteiger partial charge in [-0.05, 0) is 37.6 Å². The molecule has 0 saturated heterocycles. The zero-order valence-corrected chi connectivity index (χ0v) is 14.0. The maximum Gasteiger partial charge on any atom is 0.292 e. The van der Waals surface area contributed by atoms with E-state index in [2.05, 4.69) is 5.32 Å². The largest absolute Gasteiger partial charge is 0.459 e. The average molecular weight is 331 g/mol. The lowest BCUT2D eigenvalue weighted by Crippen LogP contribution is -2.13. The summed E-state index contributed by atoms with van der Waals surface area (Å²) in [5.41, 5.74) is 4.70. The summed E-state index contributed by atoms with van der Waals surface area (Å²) in [6.45, 7) is 4.04. The van der Waals surface area contributed by atoms with Gasteiger partial charge in [-0.15, -0.1) is 0 Å². The van der Waals surface area contributed by atoms with Crippen LogP contribution in [0.1, 0.15) is 21.7 Å². The summed E-state index contributed by atoms with van der Waals surface area (Å²) in [5.74, 6) is 0.586. The number of imidazole rings is 1. The molecule has 0 spiro atoms. The third kappa shape index (κ3) is 2.70. The monoisotopic (exact) mass is 331 g/mol. The summed E-state index contributed by atoms with van der Waals surface area (Å²) < 4.78 is 7.09. The molecule has 5 nitrogen and oxygen atoms in total. The Balaban J connectivity index is 1.88. The molecule has 124 valence electrons. The molecule has 0 aliphatic rings. The SMILES string of the molecule is Cc1ccc(-c2nc3c(C)cccn3c2NC(=O)c2ccco2)cc1. The van der Waals surface area contributed by atoms with Crippen molar-refractivity contribution in [1.29, 1.82) is 0 Å². The van der Waals surface area contributed by atoms with Crippen molar-refractivity contribution in [2.24, 2.45) is 0 Å². The third-order valence-corrected chi connectivity index (χ3v) is 4.15. The first kappa shape index (κ1) is 15.2. The normalized spacial score (nSPS) is 11.0. The van der Waals surface area contributed by atoms with Crippen molar-refractivity contribution in [3.63, 3.8) is 0 Å². The zero-order valence-electron chi connectivity index (χ0n) is 14.0. The number of nitrogens with zero attached hydrogens (tertiary/aromatic N) is 2. The minimum Gasteiger partial charge on any atom is -0.459 e. The van der Waals surface area contributed by atoms with E-state index in [-0.39, 0.29) is 11.7 Å². The molecule has 0 bridgehead atoms. The van der Waals surface area contributed by atoms with Gasteiger partial charge in [0.2, 0.25) is 0 Å². The van der Waals surface area contributed by atoms with Crippen LogP contribution in [0.3, 0.4) is 0 Å². The van der Waals surface area contributed by atoms with Crippen LogP contribution in [0.25, 0.3) is 16.9 Å². The predicted molar refractivity (Wildman–Crippen MR) is 96.8 cm³/mol. The van der Waals surface area contributed by atoms with Crippen LogP contribution in [0.4, 0.5) is 5.82 Å². The number of amides is 1. The number of nitrogens with one attached hydrogen (secondary N) is 1. The number of aromatic nitrogens is 2. The third-order valence-electron chi connectivity index (χ3n) is 4.15. The first-order chi connectivity index (χ1) is 12.1. The van der Waals surface area contributed by atoms with Gasteiger partial charge in [0.15, 0.2) is 5.76 Å². The Hall–Kier alpha value is -3.34. The Morgan fingerprint density at radius 3 is 2.60 bits per heavy atom. The van der Waals surface area contributed by atoms with Crippen LogP contribution in [-0.4, -0.2) is 15.3 Å². The first-order valence-corrected chi connectivity index (χ1v) is 8.03. The molecule has 4 rings (SSSR count). The highest BCUT2D eigenvalue weighted by Gasteiger charge is 2.19. The summed E-state index contributed by atoms with van der Waals surface area (Å²) in [5, 5.41) is 2.94. The van der Waals surface area contributed by atoms with Gasteiger partial charge in [-0.25, -0.2) is 4.98 Å². The van der Waals surface area contributed by atoms with Gasteiger partial charge in [0.25, 0.3) is 5.91 Å². The van der Waals surface area contributed by atoms with E-state index in [9.17, 15) is 4.79 Å². The van der Waals surface area contributed by atoms with Crippen molar-refractivity contribution in [2.75, 3.05) is 5.32 Å². The van der Waals surface area contributed by atoms with Gasteiger partial charge in [-0.2, -0.15) is 0 Å². The lowest BCUT2D eigenvalue weighted by atomic mass is 10.1. The molecule has 1 aromatic carbocycles. The van der Waals surface area contributed by atoms with E-state index >= 15 is 0 Å². The maximum atomic E-state index is 12.5. The molecule has 0 radical (unpaired) electrons. The molecule has 0 aliphatic carbocycles. The van der Waals surface area contributed by atoms with Crippen molar-refractivity contribution in [3.8, 4) is 11.3 Å². The molecular formula is C20H17N3O2. The van der Waals surface area contributed by atoms with Crippen LogP contribution < -0.4 is 5.32 Å². The van der Waals surface area contributed by atoms with Crippen LogP contribution in [0.5, 0.6) is 0 Å². The number of pyridine rings is 1. The van der Waals surface area contributed by atoms with Gasteiger partial charge in [-0.3, -0.25) is 9.20 Å². The van der Waals surface area contributed by atoms with E-state index in [0.29, 0.717) is 5.82 Å². The van der Waals surface area contributed by atoms with E-state index in [4.69, 9.17) is 9.40 Å². The number of hydrogen-bond acceptors (Lipinski definition) is 3. The number of benzene rings is 1. The molecule has 25 heavy (non-hydrogen) atoms. The number of furan rings is 1. The maximum absolute atomic E-state index is 12.5. The van der Waals surface area contributed by atoms with E-state index in [1.54, 1.807) is 12.1 Å². The fourth-order valence-electron chi connectivity index (χ4n) is 2.81. The smallest absolute Gasteiger partial charge is 0.292 e. The Kier molecular flexibility index (Phi) is 3.61. The van der Waals surface area contributed by atoms with Gasteiger partial charge in [0, 0.05) is 11.8 Å². The number of fused-ring (bicyclic) bond motifs is 1. The van der Waals surface area contributed by atoms with Gasteiger partial charge in [-0.1, -0.05) is 35.9 Å². The summed E-state index contributed by atoms with van der Waals surface area (Å²) in [6, 6.07) is 15.3. The molecule has 4 aromatic rings. The Bertz CT molecular complexity index is 1040. The molecule has 1 N–H and O–H groups in total. The van der Waals surface area contributed by atoms with E-state index in [1.165, 1.54) is 11.8 Å². The minimum absolute atomic E-state index is 0.262. The minimum atomic E-state index is -0.304. The van der Waals surface area contributed by atoms with Crippen LogP contribution in [0.15, 0.2) is 65.4 Å². The van der Waals surface area contributed by atoms with Gasteiger partial charge in [0.1, 0.15) is 17.2 Å². The Morgan fingerprint density at radius 2 is 1.88 bits per heavy atom. The standard InChI is InChI=1S/C20H17N3O2/c1-13-7-9-15(10-8-13)17-19(22-20(24)16-6-4-12-25-16)23-11-3-5-14(2)18(23)21-17/h3-12H,1-2H3,(H,22,24). The Labute approximate surface area is 144 Å². The molecule has 3 heterocycles. The molecule has 1 amide bonds. The summed E-state index contributed by atoms with van der Waals surface area (Å²) >= 11 is 0. The van der Waals surface area contributed by atoms with Crippen LogP contribution in [0, 0.1) is 13.8 Å². The number of carbonyl (C=O) groups is 1. The molecule has 0 saturated carbocycles. The van der Waals surface area contributed by atoms with E-state index < -0.39 is 0 Å². The van der Waals surface area contributed by atoms with Crippen LogP contribution in [0.2, 0.25) is 0 Å². The Morgan fingerprint density at radius 1 is 1.08 bits per heavy atom. The van der Waals surface area contributed by atoms with E-state index in [1.807, 2.05) is 60.8 Å². The number of rotatable bonds is 3. The topological polar surface area (TPSA) is 59.5 Å². The number of hydrogen-bond donors (Lipinski definition) is 1. The van der Waals surface area contributed by atoms with Crippen molar-refractivity contribution in [1.82, 2.24) is 9.38 Å². The second kappa shape index (κ2) is 5.94. The second-order valence-corrected chi connectivity index (χ2v) is 5.99. The molecule has 5 heteroatoms. The van der Waals surface area contributed by atoms with Gasteiger partial charge >= 0.3 is 0 Å². The van der Waals surface area contributed by atoms with Gasteiger partial charge < -0.3 is 9.73 Å². The molecule has 0 fully saturated rings. The summed E-state index contributed by atoms with van der Waals surface area (Å²) in [7, 11) is 0. The van der Waals surface area contributed by atoms with E-state index in [0.717, 1.165) is 22.5 Å². The van der Waals surface area contributed by atoms with Crippen molar-refractivity contribution < 1.29 is 9.21 Å². The van der Waals surface area contributed by atoms with Crippen molar-refractivity contribution in [3.05, 3.63) is 77.9 Å². The quantitative estimate of drug-likeness (QED) is 0.603. The lowest BCUT2D eigenvalue weighted by Gasteiger charge is -2.07. The average Bonchev–Trinajstić information content (AvgIpc) is 3.25. The number of carbonyl (C=O) groups excluding carboxylic acids is 1. The molecular weight excluding hydrogens is 314 g/mol. The summed E-state index contributed by atoms with van der Waals surface area (Å²) in [6.07, 6.45) is 3.37. The predicted octanol–water partition coefficient (Wildman–Crippen LogP) is 4.46. The molecule has 0 aliphatic heterocycles. The first-order valence-electron chi connectivity index (χ1n) is 8.03. The zero-order chi connectivity index (χ0) is 17.4. The highest BCUT2D eigenvalue weighted by atomic mass is 16.3. The molecule has 0 atom stereocenters. The fourth-order valence-corrected chi connectivity index (χ4v) is 2.81. The summed E-state index contributed by atoms with van der Waals surface area (Å²) in [4.78, 5) is 17.3. The fraction of sp³-hybridized carbons (Fsp3) is 0.100. The highest BCUT2D eigenvalue weighted by molar-refractivity contribution is 6.04. The van der Waals surface area contributed by atoms with Crippen molar-refractivity contribution >= 4 is 17.4 Å². The van der Waals surface area contributed by atoms with Crippen molar-refractivity contribution in [2.45, 2.75) is 13.8 Å². The number of anilines is 1. The van der Waals surface area contributed by atoms with Gasteiger partial charge in [0.05, 0.1) is 6.26 Å². The molecule has 0 unspecified atom stereocenters. The number of aryl methyl sites for hydroxylation is 2.